The number of rotatable bonds is 6. The quantitative estimate of drug-likeness (QED) is 0.471. The fourth-order valence-corrected chi connectivity index (χ4v) is 3.48. The summed E-state index contributed by atoms with van der Waals surface area (Å²) in [7, 11) is 0. The second kappa shape index (κ2) is 7.78. The lowest BCUT2D eigenvalue weighted by Crippen LogP contribution is -2.06. The van der Waals surface area contributed by atoms with E-state index in [1.807, 2.05) is 42.7 Å². The fraction of sp³-hybridized carbons (Fsp3) is 0.211. The predicted molar refractivity (Wildman–Crippen MR) is 97.3 cm³/mol. The van der Waals surface area contributed by atoms with Crippen molar-refractivity contribution in [1.82, 2.24) is 14.8 Å². The molecule has 1 heterocycles. The lowest BCUT2D eigenvalue weighted by atomic mass is 10.1. The summed E-state index contributed by atoms with van der Waals surface area (Å²) >= 11 is 1.23. The number of ketones is 1. The number of benzene rings is 2. The highest BCUT2D eigenvalue weighted by atomic mass is 32.2. The lowest BCUT2D eigenvalue weighted by molar-refractivity contribution is 0.102. The van der Waals surface area contributed by atoms with Gasteiger partial charge in [-0.1, -0.05) is 36.0 Å². The van der Waals surface area contributed by atoms with Crippen molar-refractivity contribution < 1.29 is 13.6 Å². The van der Waals surface area contributed by atoms with Crippen LogP contribution in [0.15, 0.2) is 47.6 Å². The molecule has 26 heavy (non-hydrogen) atoms. The molecule has 0 unspecified atom stereocenters. The van der Waals surface area contributed by atoms with E-state index in [4.69, 9.17) is 0 Å². The third-order valence-electron chi connectivity index (χ3n) is 3.99. The zero-order chi connectivity index (χ0) is 18.7. The summed E-state index contributed by atoms with van der Waals surface area (Å²) in [6, 6.07) is 11.0. The highest BCUT2D eigenvalue weighted by Gasteiger charge is 2.17. The molecule has 0 aliphatic rings. The number of hydrogen-bond acceptors (Lipinski definition) is 4. The molecule has 3 rings (SSSR count). The van der Waals surface area contributed by atoms with Crippen LogP contribution in [0.4, 0.5) is 8.78 Å². The Bertz CT molecular complexity index is 956. The van der Waals surface area contributed by atoms with Crippen molar-refractivity contribution in [3.63, 3.8) is 0 Å². The van der Waals surface area contributed by atoms with E-state index in [-0.39, 0.29) is 17.1 Å². The van der Waals surface area contributed by atoms with Crippen LogP contribution in [0, 0.1) is 18.6 Å². The number of aryl methyl sites for hydroxylation is 1. The average molecular weight is 373 g/mol. The van der Waals surface area contributed by atoms with E-state index in [1.165, 1.54) is 17.8 Å². The second-order valence-corrected chi connectivity index (χ2v) is 6.65. The van der Waals surface area contributed by atoms with Crippen molar-refractivity contribution in [2.24, 2.45) is 0 Å². The highest BCUT2D eigenvalue weighted by Crippen LogP contribution is 2.26. The summed E-state index contributed by atoms with van der Waals surface area (Å²) in [5.74, 6) is -1.48. The Hall–Kier alpha value is -2.54. The van der Waals surface area contributed by atoms with Gasteiger partial charge >= 0.3 is 0 Å². The van der Waals surface area contributed by atoms with Gasteiger partial charge in [-0.25, -0.2) is 8.78 Å². The van der Waals surface area contributed by atoms with Gasteiger partial charge in [0.15, 0.2) is 28.4 Å². The van der Waals surface area contributed by atoms with Crippen LogP contribution in [0.1, 0.15) is 22.8 Å². The van der Waals surface area contributed by atoms with Crippen LogP contribution in [-0.4, -0.2) is 26.3 Å². The van der Waals surface area contributed by atoms with Gasteiger partial charge in [0.05, 0.1) is 5.75 Å². The van der Waals surface area contributed by atoms with Crippen molar-refractivity contribution in [3.05, 3.63) is 65.2 Å². The Morgan fingerprint density at radius 2 is 1.88 bits per heavy atom. The van der Waals surface area contributed by atoms with Crippen LogP contribution in [0.25, 0.3) is 11.4 Å². The minimum atomic E-state index is -1.03. The van der Waals surface area contributed by atoms with E-state index >= 15 is 0 Å². The molecule has 134 valence electrons. The van der Waals surface area contributed by atoms with Gasteiger partial charge in [0, 0.05) is 17.7 Å². The van der Waals surface area contributed by atoms with Crippen molar-refractivity contribution in [2.45, 2.75) is 25.5 Å². The minimum absolute atomic E-state index is 0.0664. The maximum absolute atomic E-state index is 13.3. The predicted octanol–water partition coefficient (Wildman–Crippen LogP) is 4.53. The van der Waals surface area contributed by atoms with Crippen LogP contribution >= 0.6 is 11.8 Å². The van der Waals surface area contributed by atoms with Crippen molar-refractivity contribution in [3.8, 4) is 11.4 Å². The SMILES string of the molecule is CCn1c(SCC(=O)c2ccc(F)c(F)c2)nnc1-c1ccccc1C. The number of aromatic nitrogens is 3. The Morgan fingerprint density at radius 1 is 1.12 bits per heavy atom. The number of thioether (sulfide) groups is 1. The molecule has 2 aromatic carbocycles. The first kappa shape index (κ1) is 18.3. The Balaban J connectivity index is 1.79. The Kier molecular flexibility index (Phi) is 5.46. The molecule has 1 aromatic heterocycles. The van der Waals surface area contributed by atoms with E-state index < -0.39 is 11.6 Å². The third kappa shape index (κ3) is 3.67. The molecule has 7 heteroatoms. The van der Waals surface area contributed by atoms with Gasteiger partial charge in [-0.05, 0) is 37.6 Å². The Labute approximate surface area is 154 Å². The van der Waals surface area contributed by atoms with Crippen molar-refractivity contribution in [2.75, 3.05) is 5.75 Å². The molecule has 3 aromatic rings. The first-order valence-corrected chi connectivity index (χ1v) is 9.10. The molecule has 0 bridgehead atoms. The molecule has 0 atom stereocenters. The van der Waals surface area contributed by atoms with Crippen LogP contribution in [-0.2, 0) is 6.54 Å². The van der Waals surface area contributed by atoms with Gasteiger partial charge in [0.2, 0.25) is 0 Å². The van der Waals surface area contributed by atoms with Crippen LogP contribution in [0.2, 0.25) is 0 Å². The topological polar surface area (TPSA) is 47.8 Å². The normalized spacial score (nSPS) is 10.9. The van der Waals surface area contributed by atoms with Crippen LogP contribution in [0.3, 0.4) is 0 Å². The molecule has 0 N–H and O–H groups in total. The zero-order valence-corrected chi connectivity index (χ0v) is 15.2. The molecule has 0 radical (unpaired) electrons. The van der Waals surface area contributed by atoms with Gasteiger partial charge in [-0.15, -0.1) is 10.2 Å². The van der Waals surface area contributed by atoms with E-state index in [0.29, 0.717) is 11.7 Å². The average Bonchev–Trinajstić information content (AvgIpc) is 3.05. The molecule has 0 aliphatic heterocycles. The lowest BCUT2D eigenvalue weighted by Gasteiger charge is -2.09. The summed E-state index contributed by atoms with van der Waals surface area (Å²) in [6.45, 7) is 4.63. The summed E-state index contributed by atoms with van der Waals surface area (Å²) in [6.07, 6.45) is 0. The number of halogens is 2. The van der Waals surface area contributed by atoms with Crippen molar-refractivity contribution in [1.29, 1.82) is 0 Å². The molecular weight excluding hydrogens is 356 g/mol. The summed E-state index contributed by atoms with van der Waals surface area (Å²) in [5.41, 5.74) is 2.21. The molecule has 4 nitrogen and oxygen atoms in total. The maximum Gasteiger partial charge on any atom is 0.191 e. The van der Waals surface area contributed by atoms with Gasteiger partial charge in [-0.3, -0.25) is 4.79 Å². The highest BCUT2D eigenvalue weighted by molar-refractivity contribution is 7.99. The first-order chi connectivity index (χ1) is 12.5. The van der Waals surface area contributed by atoms with Crippen LogP contribution < -0.4 is 0 Å². The van der Waals surface area contributed by atoms with Gasteiger partial charge < -0.3 is 4.57 Å². The molecular formula is C19H17F2N3OS. The number of hydrogen-bond donors (Lipinski definition) is 0. The Morgan fingerprint density at radius 3 is 2.58 bits per heavy atom. The minimum Gasteiger partial charge on any atom is -0.302 e. The molecule has 0 fully saturated rings. The van der Waals surface area contributed by atoms with Gasteiger partial charge in [0.25, 0.3) is 0 Å². The molecule has 0 spiro atoms. The summed E-state index contributed by atoms with van der Waals surface area (Å²) in [4.78, 5) is 12.2. The maximum atomic E-state index is 13.3. The monoisotopic (exact) mass is 373 g/mol. The standard InChI is InChI=1S/C19H17F2N3OS/c1-3-24-18(14-7-5-4-6-12(14)2)22-23-19(24)26-11-17(25)13-8-9-15(20)16(21)10-13/h4-10H,3,11H2,1-2H3. The summed E-state index contributed by atoms with van der Waals surface area (Å²) in [5, 5.41) is 9.07. The third-order valence-corrected chi connectivity index (χ3v) is 4.96. The van der Waals surface area contributed by atoms with E-state index in [0.717, 1.165) is 29.1 Å². The molecule has 0 aliphatic carbocycles. The number of Topliss-reactive ketones (excluding diaryl/α,β-unsaturated/α-hetero) is 1. The molecule has 0 saturated carbocycles. The van der Waals surface area contributed by atoms with Crippen LogP contribution in [0.5, 0.6) is 0 Å². The second-order valence-electron chi connectivity index (χ2n) is 5.71. The largest absolute Gasteiger partial charge is 0.302 e. The van der Waals surface area contributed by atoms with Gasteiger partial charge in [-0.2, -0.15) is 0 Å². The van der Waals surface area contributed by atoms with Gasteiger partial charge in [0.1, 0.15) is 0 Å². The number of nitrogens with zero attached hydrogens (tertiary/aromatic N) is 3. The molecule has 0 amide bonds. The smallest absolute Gasteiger partial charge is 0.191 e. The molecule has 0 saturated heterocycles. The summed E-state index contributed by atoms with van der Waals surface area (Å²) < 4.78 is 28.2. The van der Waals surface area contributed by atoms with E-state index in [9.17, 15) is 13.6 Å². The zero-order valence-electron chi connectivity index (χ0n) is 14.4. The number of carbonyl (C=O) groups is 1. The fourth-order valence-electron chi connectivity index (χ4n) is 2.59. The van der Waals surface area contributed by atoms with Crippen molar-refractivity contribution >= 4 is 17.5 Å². The number of carbonyl (C=O) groups excluding carboxylic acids is 1. The van der Waals surface area contributed by atoms with E-state index in [2.05, 4.69) is 10.2 Å². The first-order valence-electron chi connectivity index (χ1n) is 8.11. The van der Waals surface area contributed by atoms with E-state index in [1.54, 1.807) is 0 Å².